The molecule has 0 aliphatic carbocycles. The standard InChI is InChI=1S/C22H22N6O/c1-4-14-8-15(19-12-23-10-13(3)26-19)6-7-17(14)18-9-16-11-25-22(24-5-2)28-20(16)27-21(18)29/h6-12H,4-5H2,1-3H3,(H2,24,25,27,28,29). The molecule has 1 aromatic carbocycles. The van der Waals surface area contributed by atoms with Crippen LogP contribution in [0.3, 0.4) is 0 Å². The van der Waals surface area contributed by atoms with E-state index in [1.165, 1.54) is 0 Å². The van der Waals surface area contributed by atoms with Crippen LogP contribution < -0.4 is 10.9 Å². The highest BCUT2D eigenvalue weighted by Crippen LogP contribution is 2.28. The summed E-state index contributed by atoms with van der Waals surface area (Å²) in [7, 11) is 0. The molecule has 0 bridgehead atoms. The minimum atomic E-state index is -0.170. The van der Waals surface area contributed by atoms with Crippen molar-refractivity contribution in [3.05, 3.63) is 64.5 Å². The first-order valence-electron chi connectivity index (χ1n) is 9.65. The Labute approximate surface area is 168 Å². The number of hydrogen-bond acceptors (Lipinski definition) is 6. The Hall–Kier alpha value is -3.61. The molecule has 3 aromatic heterocycles. The topological polar surface area (TPSA) is 96.5 Å². The summed E-state index contributed by atoms with van der Waals surface area (Å²) in [5.41, 5.74) is 5.60. The van der Waals surface area contributed by atoms with Gasteiger partial charge in [-0.3, -0.25) is 9.78 Å². The van der Waals surface area contributed by atoms with Gasteiger partial charge < -0.3 is 10.3 Å². The van der Waals surface area contributed by atoms with Crippen LogP contribution in [0.2, 0.25) is 0 Å². The average Bonchev–Trinajstić information content (AvgIpc) is 2.73. The Bertz CT molecular complexity index is 1250. The maximum atomic E-state index is 12.8. The van der Waals surface area contributed by atoms with Gasteiger partial charge in [-0.25, -0.2) is 9.97 Å². The molecule has 29 heavy (non-hydrogen) atoms. The molecular weight excluding hydrogens is 364 g/mol. The van der Waals surface area contributed by atoms with Crippen LogP contribution in [0.25, 0.3) is 33.4 Å². The Kier molecular flexibility index (Phi) is 5.03. The Morgan fingerprint density at radius 3 is 2.66 bits per heavy atom. The molecular formula is C22H22N6O. The predicted molar refractivity (Wildman–Crippen MR) is 115 cm³/mol. The third-order valence-corrected chi connectivity index (χ3v) is 4.76. The van der Waals surface area contributed by atoms with Crippen LogP contribution >= 0.6 is 0 Å². The number of nitrogens with one attached hydrogen (secondary N) is 2. The molecule has 146 valence electrons. The third-order valence-electron chi connectivity index (χ3n) is 4.76. The number of aromatic amines is 1. The zero-order valence-electron chi connectivity index (χ0n) is 16.7. The molecule has 2 N–H and O–H groups in total. The first kappa shape index (κ1) is 18.7. The molecule has 0 saturated carbocycles. The second kappa shape index (κ2) is 7.79. The van der Waals surface area contributed by atoms with Gasteiger partial charge in [-0.15, -0.1) is 0 Å². The number of hydrogen-bond donors (Lipinski definition) is 2. The van der Waals surface area contributed by atoms with Gasteiger partial charge in [-0.05, 0) is 43.5 Å². The molecule has 0 unspecified atom stereocenters. The van der Waals surface area contributed by atoms with Gasteiger partial charge >= 0.3 is 0 Å². The van der Waals surface area contributed by atoms with E-state index < -0.39 is 0 Å². The van der Waals surface area contributed by atoms with E-state index in [1.54, 1.807) is 18.6 Å². The fraction of sp³-hybridized carbons (Fsp3) is 0.227. The maximum Gasteiger partial charge on any atom is 0.257 e. The maximum absolute atomic E-state index is 12.8. The van der Waals surface area contributed by atoms with Crippen molar-refractivity contribution >= 4 is 17.0 Å². The highest BCUT2D eigenvalue weighted by Gasteiger charge is 2.13. The van der Waals surface area contributed by atoms with Crippen LogP contribution in [0.4, 0.5) is 5.95 Å². The van der Waals surface area contributed by atoms with Crippen molar-refractivity contribution in [2.45, 2.75) is 27.2 Å². The number of H-pyrrole nitrogens is 1. The van der Waals surface area contributed by atoms with E-state index in [0.717, 1.165) is 39.9 Å². The van der Waals surface area contributed by atoms with Crippen molar-refractivity contribution in [1.29, 1.82) is 0 Å². The van der Waals surface area contributed by atoms with Gasteiger partial charge in [0.2, 0.25) is 5.95 Å². The minimum absolute atomic E-state index is 0.170. The summed E-state index contributed by atoms with van der Waals surface area (Å²) >= 11 is 0. The first-order chi connectivity index (χ1) is 14.1. The van der Waals surface area contributed by atoms with Crippen LogP contribution in [0, 0.1) is 6.92 Å². The van der Waals surface area contributed by atoms with E-state index in [4.69, 9.17) is 0 Å². The van der Waals surface area contributed by atoms with Crippen LogP contribution in [-0.4, -0.2) is 31.5 Å². The molecule has 0 aliphatic heterocycles. The molecule has 0 saturated heterocycles. The van der Waals surface area contributed by atoms with Crippen LogP contribution in [0.1, 0.15) is 25.1 Å². The molecule has 0 spiro atoms. The van der Waals surface area contributed by atoms with E-state index >= 15 is 0 Å². The molecule has 0 amide bonds. The van der Waals surface area contributed by atoms with Gasteiger partial charge in [0.15, 0.2) is 0 Å². The third kappa shape index (κ3) is 3.71. The minimum Gasteiger partial charge on any atom is -0.354 e. The molecule has 0 atom stereocenters. The number of benzene rings is 1. The average molecular weight is 386 g/mol. The number of aryl methyl sites for hydroxylation is 2. The fourth-order valence-corrected chi connectivity index (χ4v) is 3.35. The molecule has 4 aromatic rings. The van der Waals surface area contributed by atoms with Gasteiger partial charge in [-0.1, -0.05) is 19.1 Å². The number of aromatic nitrogens is 5. The molecule has 4 rings (SSSR count). The van der Waals surface area contributed by atoms with Crippen LogP contribution in [0.15, 0.2) is 47.7 Å². The molecule has 7 heteroatoms. The summed E-state index contributed by atoms with van der Waals surface area (Å²) in [6, 6.07) is 7.88. The lowest BCUT2D eigenvalue weighted by Crippen LogP contribution is -2.12. The SMILES string of the molecule is CCNc1ncc2cc(-c3ccc(-c4cncc(C)n4)cc3CC)c(=O)[nH]c2n1. The number of anilines is 1. The summed E-state index contributed by atoms with van der Waals surface area (Å²) in [5, 5.41) is 3.84. The molecule has 0 radical (unpaired) electrons. The van der Waals surface area contributed by atoms with Crippen molar-refractivity contribution in [2.24, 2.45) is 0 Å². The molecule has 3 heterocycles. The van der Waals surface area contributed by atoms with Crippen molar-refractivity contribution in [3.63, 3.8) is 0 Å². The van der Waals surface area contributed by atoms with Gasteiger partial charge in [0.1, 0.15) is 5.65 Å². The quantitative estimate of drug-likeness (QED) is 0.542. The van der Waals surface area contributed by atoms with E-state index in [2.05, 4.69) is 43.2 Å². The lowest BCUT2D eigenvalue weighted by Gasteiger charge is -2.11. The van der Waals surface area contributed by atoms with Crippen molar-refractivity contribution in [2.75, 3.05) is 11.9 Å². The Morgan fingerprint density at radius 2 is 1.90 bits per heavy atom. The zero-order valence-corrected chi connectivity index (χ0v) is 16.7. The second-order valence-electron chi connectivity index (χ2n) is 6.81. The monoisotopic (exact) mass is 386 g/mol. The van der Waals surface area contributed by atoms with Crippen molar-refractivity contribution in [1.82, 2.24) is 24.9 Å². The van der Waals surface area contributed by atoms with Gasteiger partial charge in [0, 0.05) is 35.5 Å². The Balaban J connectivity index is 1.81. The second-order valence-corrected chi connectivity index (χ2v) is 6.81. The first-order valence-corrected chi connectivity index (χ1v) is 9.65. The highest BCUT2D eigenvalue weighted by atomic mass is 16.1. The van der Waals surface area contributed by atoms with E-state index in [1.807, 2.05) is 32.0 Å². The van der Waals surface area contributed by atoms with Gasteiger partial charge in [0.25, 0.3) is 5.56 Å². The number of fused-ring (bicyclic) bond motifs is 1. The predicted octanol–water partition coefficient (Wildman–Crippen LogP) is 3.74. The smallest absolute Gasteiger partial charge is 0.257 e. The summed E-state index contributed by atoms with van der Waals surface area (Å²) in [4.78, 5) is 33.2. The lowest BCUT2D eigenvalue weighted by molar-refractivity contribution is 1.09. The van der Waals surface area contributed by atoms with Crippen LogP contribution in [0.5, 0.6) is 0 Å². The Morgan fingerprint density at radius 1 is 1.03 bits per heavy atom. The summed E-state index contributed by atoms with van der Waals surface area (Å²) in [5.74, 6) is 0.501. The van der Waals surface area contributed by atoms with Crippen LogP contribution in [-0.2, 0) is 6.42 Å². The van der Waals surface area contributed by atoms with Gasteiger partial charge in [-0.2, -0.15) is 4.98 Å². The normalized spacial score (nSPS) is 11.0. The molecule has 7 nitrogen and oxygen atoms in total. The molecule has 0 aliphatic rings. The van der Waals surface area contributed by atoms with Gasteiger partial charge in [0.05, 0.1) is 17.6 Å². The van der Waals surface area contributed by atoms with E-state index in [-0.39, 0.29) is 5.56 Å². The van der Waals surface area contributed by atoms with E-state index in [0.29, 0.717) is 23.7 Å². The van der Waals surface area contributed by atoms with Crippen molar-refractivity contribution in [3.8, 4) is 22.4 Å². The fourth-order valence-electron chi connectivity index (χ4n) is 3.35. The largest absolute Gasteiger partial charge is 0.354 e. The highest BCUT2D eigenvalue weighted by molar-refractivity contribution is 5.82. The van der Waals surface area contributed by atoms with Crippen molar-refractivity contribution < 1.29 is 0 Å². The lowest BCUT2D eigenvalue weighted by atomic mass is 9.95. The summed E-state index contributed by atoms with van der Waals surface area (Å²) in [6.07, 6.45) is 6.00. The number of rotatable bonds is 5. The number of pyridine rings is 1. The summed E-state index contributed by atoms with van der Waals surface area (Å²) < 4.78 is 0. The van der Waals surface area contributed by atoms with E-state index in [9.17, 15) is 4.79 Å². The zero-order chi connectivity index (χ0) is 20.4. The number of nitrogens with zero attached hydrogens (tertiary/aromatic N) is 4. The molecule has 0 fully saturated rings. The summed E-state index contributed by atoms with van der Waals surface area (Å²) in [6.45, 7) is 6.68.